The van der Waals surface area contributed by atoms with E-state index in [1.807, 2.05) is 13.1 Å². The van der Waals surface area contributed by atoms with Gasteiger partial charge < -0.3 is 10.2 Å². The number of hydrogen-bond donors (Lipinski definition) is 1. The van der Waals surface area contributed by atoms with Crippen LogP contribution in [0.25, 0.3) is 0 Å². The lowest BCUT2D eigenvalue weighted by Gasteiger charge is -2.17. The van der Waals surface area contributed by atoms with Gasteiger partial charge in [0.2, 0.25) is 0 Å². The van der Waals surface area contributed by atoms with Gasteiger partial charge in [0.05, 0.1) is 17.2 Å². The van der Waals surface area contributed by atoms with Crippen LogP contribution in [0.1, 0.15) is 29.6 Å². The summed E-state index contributed by atoms with van der Waals surface area (Å²) in [4.78, 5) is 11.1. The second kappa shape index (κ2) is 7.36. The van der Waals surface area contributed by atoms with Crippen LogP contribution in [-0.4, -0.2) is 23.6 Å². The molecule has 0 aromatic carbocycles. The summed E-state index contributed by atoms with van der Waals surface area (Å²) in [5.41, 5.74) is 2.37. The molecule has 4 nitrogen and oxygen atoms in total. The summed E-state index contributed by atoms with van der Waals surface area (Å²) in [6.45, 7) is 6.95. The molecule has 2 rings (SSSR count). The summed E-state index contributed by atoms with van der Waals surface area (Å²) in [6, 6.07) is 4.20. The number of hydrogen-bond acceptors (Lipinski definition) is 5. The summed E-state index contributed by atoms with van der Waals surface area (Å²) < 4.78 is 0. The van der Waals surface area contributed by atoms with Crippen molar-refractivity contribution in [3.05, 3.63) is 40.0 Å². The lowest BCUT2D eigenvalue weighted by Crippen LogP contribution is -2.19. The third-order valence-electron chi connectivity index (χ3n) is 3.02. The van der Waals surface area contributed by atoms with Crippen LogP contribution in [0.2, 0.25) is 0 Å². The van der Waals surface area contributed by atoms with Gasteiger partial charge in [0.25, 0.3) is 0 Å². The SMILES string of the molecule is CCCNCc1ccnc(N(C)Cc2csc(C)n2)c1. The Balaban J connectivity index is 1.98. The first-order valence-electron chi connectivity index (χ1n) is 6.97. The van der Waals surface area contributed by atoms with E-state index in [4.69, 9.17) is 0 Å². The Labute approximate surface area is 124 Å². The highest BCUT2D eigenvalue weighted by molar-refractivity contribution is 7.09. The molecule has 1 N–H and O–H groups in total. The minimum absolute atomic E-state index is 0.795. The second-order valence-electron chi connectivity index (χ2n) is 4.91. The molecular weight excluding hydrogens is 268 g/mol. The normalized spacial score (nSPS) is 10.8. The lowest BCUT2D eigenvalue weighted by atomic mass is 10.2. The van der Waals surface area contributed by atoms with Gasteiger partial charge in [-0.05, 0) is 37.6 Å². The zero-order valence-electron chi connectivity index (χ0n) is 12.4. The maximum Gasteiger partial charge on any atom is 0.128 e. The molecule has 0 amide bonds. The average molecular weight is 290 g/mol. The number of thiazole rings is 1. The Kier molecular flexibility index (Phi) is 5.49. The van der Waals surface area contributed by atoms with E-state index in [0.717, 1.165) is 42.6 Å². The van der Waals surface area contributed by atoms with Gasteiger partial charge in [0.15, 0.2) is 0 Å². The minimum Gasteiger partial charge on any atom is -0.354 e. The lowest BCUT2D eigenvalue weighted by molar-refractivity contribution is 0.674. The molecule has 0 atom stereocenters. The summed E-state index contributed by atoms with van der Waals surface area (Å²) in [5, 5.41) is 6.63. The van der Waals surface area contributed by atoms with Gasteiger partial charge in [0, 0.05) is 25.2 Å². The monoisotopic (exact) mass is 290 g/mol. The van der Waals surface area contributed by atoms with Crippen LogP contribution in [0.4, 0.5) is 5.82 Å². The molecule has 0 unspecified atom stereocenters. The zero-order chi connectivity index (χ0) is 14.4. The minimum atomic E-state index is 0.795. The van der Waals surface area contributed by atoms with Crippen LogP contribution in [0.3, 0.4) is 0 Å². The molecule has 0 fully saturated rings. The third kappa shape index (κ3) is 4.28. The van der Waals surface area contributed by atoms with Gasteiger partial charge in [-0.1, -0.05) is 6.92 Å². The second-order valence-corrected chi connectivity index (χ2v) is 5.98. The number of pyridine rings is 1. The molecule has 0 saturated heterocycles. The summed E-state index contributed by atoms with van der Waals surface area (Å²) >= 11 is 1.69. The molecule has 0 bridgehead atoms. The van der Waals surface area contributed by atoms with Crippen molar-refractivity contribution in [3.8, 4) is 0 Å². The summed E-state index contributed by atoms with van der Waals surface area (Å²) in [5.74, 6) is 0.992. The van der Waals surface area contributed by atoms with Crippen molar-refractivity contribution < 1.29 is 0 Å². The number of aromatic nitrogens is 2. The largest absolute Gasteiger partial charge is 0.354 e. The average Bonchev–Trinajstić information content (AvgIpc) is 2.85. The number of nitrogens with one attached hydrogen (secondary N) is 1. The molecule has 20 heavy (non-hydrogen) atoms. The molecule has 0 aliphatic rings. The Bertz CT molecular complexity index is 538. The van der Waals surface area contributed by atoms with Crippen molar-refractivity contribution in [3.63, 3.8) is 0 Å². The van der Waals surface area contributed by atoms with E-state index in [1.165, 1.54) is 5.56 Å². The van der Waals surface area contributed by atoms with Crippen molar-refractivity contribution in [2.24, 2.45) is 0 Å². The molecule has 2 aromatic heterocycles. The standard InChI is InChI=1S/C15H22N4S/c1-4-6-16-9-13-5-7-17-15(8-13)19(3)10-14-11-20-12(2)18-14/h5,7-8,11,16H,4,6,9-10H2,1-3H3. The number of nitrogens with zero attached hydrogens (tertiary/aromatic N) is 3. The molecule has 0 saturated carbocycles. The fourth-order valence-corrected chi connectivity index (χ4v) is 2.60. The predicted octanol–water partition coefficient (Wildman–Crippen LogP) is 2.98. The molecular formula is C15H22N4S. The molecule has 2 heterocycles. The van der Waals surface area contributed by atoms with Gasteiger partial charge in [-0.3, -0.25) is 0 Å². The zero-order valence-corrected chi connectivity index (χ0v) is 13.2. The number of anilines is 1. The van der Waals surface area contributed by atoms with Crippen LogP contribution in [0.5, 0.6) is 0 Å². The van der Waals surface area contributed by atoms with Crippen LogP contribution in [-0.2, 0) is 13.1 Å². The van der Waals surface area contributed by atoms with Gasteiger partial charge in [-0.15, -0.1) is 11.3 Å². The van der Waals surface area contributed by atoms with E-state index in [0.29, 0.717) is 0 Å². The van der Waals surface area contributed by atoms with Gasteiger partial charge >= 0.3 is 0 Å². The third-order valence-corrected chi connectivity index (χ3v) is 3.84. The topological polar surface area (TPSA) is 41.1 Å². The van der Waals surface area contributed by atoms with Crippen molar-refractivity contribution >= 4 is 17.2 Å². The Morgan fingerprint density at radius 1 is 1.40 bits per heavy atom. The quantitative estimate of drug-likeness (QED) is 0.796. The van der Waals surface area contributed by atoms with Gasteiger partial charge in [-0.25, -0.2) is 9.97 Å². The highest BCUT2D eigenvalue weighted by Gasteiger charge is 2.06. The molecule has 0 aliphatic heterocycles. The van der Waals surface area contributed by atoms with E-state index < -0.39 is 0 Å². The van der Waals surface area contributed by atoms with Crippen LogP contribution >= 0.6 is 11.3 Å². The molecule has 0 aliphatic carbocycles. The summed E-state index contributed by atoms with van der Waals surface area (Å²) in [7, 11) is 2.06. The number of rotatable bonds is 7. The first-order valence-corrected chi connectivity index (χ1v) is 7.84. The highest BCUT2D eigenvalue weighted by Crippen LogP contribution is 2.15. The molecule has 0 spiro atoms. The van der Waals surface area contributed by atoms with Crippen molar-refractivity contribution in [1.29, 1.82) is 0 Å². The van der Waals surface area contributed by atoms with Crippen LogP contribution in [0, 0.1) is 6.92 Å². The van der Waals surface area contributed by atoms with E-state index in [-0.39, 0.29) is 0 Å². The van der Waals surface area contributed by atoms with E-state index in [1.54, 1.807) is 11.3 Å². The van der Waals surface area contributed by atoms with E-state index >= 15 is 0 Å². The fraction of sp³-hybridized carbons (Fsp3) is 0.467. The van der Waals surface area contributed by atoms with E-state index in [2.05, 4.69) is 51.7 Å². The predicted molar refractivity (Wildman–Crippen MR) is 85.2 cm³/mol. The Morgan fingerprint density at radius 2 is 2.25 bits per heavy atom. The first kappa shape index (κ1) is 14.9. The van der Waals surface area contributed by atoms with Crippen LogP contribution in [0.15, 0.2) is 23.7 Å². The fourth-order valence-electron chi connectivity index (χ4n) is 1.99. The van der Waals surface area contributed by atoms with Gasteiger partial charge in [0.1, 0.15) is 5.82 Å². The smallest absolute Gasteiger partial charge is 0.128 e. The van der Waals surface area contributed by atoms with Crippen molar-refractivity contribution in [1.82, 2.24) is 15.3 Å². The first-order chi connectivity index (χ1) is 9.69. The maximum absolute atomic E-state index is 4.50. The van der Waals surface area contributed by atoms with Crippen LogP contribution < -0.4 is 10.2 Å². The van der Waals surface area contributed by atoms with Crippen molar-refractivity contribution in [2.45, 2.75) is 33.4 Å². The summed E-state index contributed by atoms with van der Waals surface area (Å²) in [6.07, 6.45) is 3.03. The molecule has 2 aromatic rings. The highest BCUT2D eigenvalue weighted by atomic mass is 32.1. The Morgan fingerprint density at radius 3 is 2.95 bits per heavy atom. The molecule has 5 heteroatoms. The molecule has 108 valence electrons. The van der Waals surface area contributed by atoms with E-state index in [9.17, 15) is 0 Å². The van der Waals surface area contributed by atoms with Crippen molar-refractivity contribution in [2.75, 3.05) is 18.5 Å². The maximum atomic E-state index is 4.50. The number of aryl methyl sites for hydroxylation is 1. The van der Waals surface area contributed by atoms with Gasteiger partial charge in [-0.2, -0.15) is 0 Å². The Hall–Kier alpha value is -1.46. The molecule has 0 radical (unpaired) electrons.